The fourth-order valence-electron chi connectivity index (χ4n) is 2.52. The van der Waals surface area contributed by atoms with E-state index in [0.717, 1.165) is 23.7 Å². The quantitative estimate of drug-likeness (QED) is 0.530. The van der Waals surface area contributed by atoms with Crippen LogP contribution in [0.15, 0.2) is 30.3 Å². The first kappa shape index (κ1) is 22.9. The summed E-state index contributed by atoms with van der Waals surface area (Å²) >= 11 is 0. The smallest absolute Gasteiger partial charge is 0.311 e. The number of halogens is 1. The molecule has 0 saturated carbocycles. The second-order valence-electron chi connectivity index (χ2n) is 6.49. The maximum absolute atomic E-state index is 11.7. The molecule has 0 heterocycles. The van der Waals surface area contributed by atoms with Crippen molar-refractivity contribution in [2.45, 2.75) is 53.0 Å². The number of rotatable bonds is 8. The molecule has 0 bridgehead atoms. The summed E-state index contributed by atoms with van der Waals surface area (Å²) in [6.45, 7) is 8.58. The van der Waals surface area contributed by atoms with Crippen molar-refractivity contribution in [3.8, 4) is 11.5 Å². The van der Waals surface area contributed by atoms with Crippen LogP contribution in [-0.4, -0.2) is 24.5 Å². The second-order valence-corrected chi connectivity index (χ2v) is 6.49. The van der Waals surface area contributed by atoms with E-state index in [1.807, 2.05) is 6.07 Å². The molecule has 0 aliphatic carbocycles. The van der Waals surface area contributed by atoms with Gasteiger partial charge in [-0.1, -0.05) is 45.9 Å². The molecule has 2 aromatic rings. The largest absolute Gasteiger partial charge is 0.422 e. The molecule has 1 N–H and O–H groups in total. The average Bonchev–Trinajstić information content (AvgIpc) is 2.61. The van der Waals surface area contributed by atoms with Crippen molar-refractivity contribution in [3.05, 3.63) is 35.9 Å². The van der Waals surface area contributed by atoms with E-state index in [-0.39, 0.29) is 48.7 Å². The molecule has 0 spiro atoms. The van der Waals surface area contributed by atoms with E-state index < -0.39 is 0 Å². The van der Waals surface area contributed by atoms with Gasteiger partial charge in [0.05, 0.1) is 0 Å². The first-order valence-corrected chi connectivity index (χ1v) is 9.14. The fourth-order valence-corrected chi connectivity index (χ4v) is 2.52. The normalized spacial score (nSPS) is 10.6. The number of benzene rings is 2. The maximum atomic E-state index is 11.7. The second kappa shape index (κ2) is 10.9. The predicted octanol–water partition coefficient (Wildman–Crippen LogP) is 4.43. The third kappa shape index (κ3) is 6.85. The summed E-state index contributed by atoms with van der Waals surface area (Å²) in [6.07, 6.45) is 1.41. The molecule has 6 heteroatoms. The van der Waals surface area contributed by atoms with Crippen LogP contribution in [-0.2, 0) is 16.0 Å². The lowest BCUT2D eigenvalue weighted by atomic mass is 10.0. The minimum absolute atomic E-state index is 0. The number of carbonyl (C=O) groups excluding carboxylic acids is 2. The summed E-state index contributed by atoms with van der Waals surface area (Å²) in [4.78, 5) is 23.4. The van der Waals surface area contributed by atoms with Crippen molar-refractivity contribution in [1.82, 2.24) is 5.32 Å². The van der Waals surface area contributed by atoms with E-state index >= 15 is 0 Å². The van der Waals surface area contributed by atoms with Gasteiger partial charge in [0.2, 0.25) is 0 Å². The molecule has 0 amide bonds. The molecule has 0 fully saturated rings. The molecule has 27 heavy (non-hydrogen) atoms. The first-order chi connectivity index (χ1) is 12.4. The summed E-state index contributed by atoms with van der Waals surface area (Å²) in [6, 6.07) is 10.1. The topological polar surface area (TPSA) is 64.6 Å². The lowest BCUT2D eigenvalue weighted by molar-refractivity contribution is -0.136. The number of nitrogens with one attached hydrogen (secondary N) is 1. The lowest BCUT2D eigenvalue weighted by Gasteiger charge is -2.13. The standard InChI is InChI=1S/C21H27NO4.ClH/c1-5-20(23)25-18-12-16-8-7-15(9-10-22-14(3)4)11-17(16)13-19(18)26-21(24)6-2;/h7-8,11-14,22H,5-6,9-10H2,1-4H3;1H. The molecular weight excluding hydrogens is 366 g/mol. The minimum Gasteiger partial charge on any atom is -0.422 e. The van der Waals surface area contributed by atoms with Crippen molar-refractivity contribution >= 4 is 35.1 Å². The summed E-state index contributed by atoms with van der Waals surface area (Å²) < 4.78 is 10.7. The molecule has 148 valence electrons. The van der Waals surface area contributed by atoms with Gasteiger partial charge in [0.15, 0.2) is 11.5 Å². The van der Waals surface area contributed by atoms with E-state index in [0.29, 0.717) is 6.04 Å². The summed E-state index contributed by atoms with van der Waals surface area (Å²) in [5.41, 5.74) is 1.19. The molecule has 0 saturated heterocycles. The minimum atomic E-state index is -0.366. The Morgan fingerprint density at radius 3 is 2.00 bits per heavy atom. The van der Waals surface area contributed by atoms with Gasteiger partial charge in [-0.15, -0.1) is 12.4 Å². The van der Waals surface area contributed by atoms with E-state index in [1.54, 1.807) is 26.0 Å². The number of hydrogen-bond acceptors (Lipinski definition) is 5. The van der Waals surface area contributed by atoms with Crippen molar-refractivity contribution in [1.29, 1.82) is 0 Å². The van der Waals surface area contributed by atoms with Crippen LogP contribution >= 0.6 is 12.4 Å². The van der Waals surface area contributed by atoms with Gasteiger partial charge in [-0.05, 0) is 41.4 Å². The van der Waals surface area contributed by atoms with Crippen molar-refractivity contribution in [2.75, 3.05) is 6.54 Å². The van der Waals surface area contributed by atoms with Gasteiger partial charge in [-0.2, -0.15) is 0 Å². The van der Waals surface area contributed by atoms with Crippen LogP contribution in [0.2, 0.25) is 0 Å². The number of fused-ring (bicyclic) bond motifs is 1. The van der Waals surface area contributed by atoms with Crippen LogP contribution in [0, 0.1) is 0 Å². The van der Waals surface area contributed by atoms with Gasteiger partial charge in [0.1, 0.15) is 0 Å². The molecule has 5 nitrogen and oxygen atoms in total. The van der Waals surface area contributed by atoms with Crippen LogP contribution in [0.25, 0.3) is 10.8 Å². The Bertz CT molecular complexity index is 789. The molecular formula is C21H28ClNO4. The van der Waals surface area contributed by atoms with Crippen LogP contribution in [0.3, 0.4) is 0 Å². The number of carbonyl (C=O) groups is 2. The molecule has 0 aliphatic rings. The Balaban J connectivity index is 0.00000364. The van der Waals surface area contributed by atoms with E-state index in [1.165, 1.54) is 5.56 Å². The van der Waals surface area contributed by atoms with Gasteiger partial charge in [-0.25, -0.2) is 0 Å². The lowest BCUT2D eigenvalue weighted by Crippen LogP contribution is -2.24. The van der Waals surface area contributed by atoms with Crippen molar-refractivity contribution in [2.24, 2.45) is 0 Å². The highest BCUT2D eigenvalue weighted by Gasteiger charge is 2.14. The highest BCUT2D eigenvalue weighted by molar-refractivity contribution is 5.89. The fraction of sp³-hybridized carbons (Fsp3) is 0.429. The zero-order chi connectivity index (χ0) is 19.1. The average molecular weight is 394 g/mol. The van der Waals surface area contributed by atoms with Crippen LogP contribution < -0.4 is 14.8 Å². The van der Waals surface area contributed by atoms with E-state index in [4.69, 9.17) is 9.47 Å². The number of ether oxygens (including phenoxy) is 2. The SMILES string of the molecule is CCC(=O)Oc1cc2ccc(CCNC(C)C)cc2cc1OC(=O)CC.Cl. The first-order valence-electron chi connectivity index (χ1n) is 9.14. The number of hydrogen-bond donors (Lipinski definition) is 1. The molecule has 0 atom stereocenters. The third-order valence-electron chi connectivity index (χ3n) is 3.96. The molecule has 0 radical (unpaired) electrons. The van der Waals surface area contributed by atoms with Gasteiger partial charge >= 0.3 is 11.9 Å². The van der Waals surface area contributed by atoms with Gasteiger partial charge in [0, 0.05) is 18.9 Å². The Kier molecular flexibility index (Phi) is 9.26. The molecule has 0 aromatic heterocycles. The monoisotopic (exact) mass is 393 g/mol. The van der Waals surface area contributed by atoms with E-state index in [9.17, 15) is 9.59 Å². The van der Waals surface area contributed by atoms with Crippen LogP contribution in [0.5, 0.6) is 11.5 Å². The molecule has 2 aromatic carbocycles. The zero-order valence-corrected chi connectivity index (χ0v) is 17.2. The van der Waals surface area contributed by atoms with Crippen LogP contribution in [0.1, 0.15) is 46.1 Å². The molecule has 2 rings (SSSR count). The Morgan fingerprint density at radius 2 is 1.48 bits per heavy atom. The summed E-state index contributed by atoms with van der Waals surface area (Å²) in [7, 11) is 0. The molecule has 0 aliphatic heterocycles. The van der Waals surface area contributed by atoms with Crippen LogP contribution in [0.4, 0.5) is 0 Å². The van der Waals surface area contributed by atoms with Crippen molar-refractivity contribution < 1.29 is 19.1 Å². The van der Waals surface area contributed by atoms with Gasteiger partial charge in [-0.3, -0.25) is 9.59 Å². The Labute approximate surface area is 166 Å². The summed E-state index contributed by atoms with van der Waals surface area (Å²) in [5.74, 6) is -0.172. The Hall–Kier alpha value is -2.11. The number of esters is 2. The summed E-state index contributed by atoms with van der Waals surface area (Å²) in [5, 5.41) is 5.28. The highest BCUT2D eigenvalue weighted by atomic mass is 35.5. The van der Waals surface area contributed by atoms with Gasteiger partial charge in [0.25, 0.3) is 0 Å². The predicted molar refractivity (Wildman–Crippen MR) is 110 cm³/mol. The van der Waals surface area contributed by atoms with Gasteiger partial charge < -0.3 is 14.8 Å². The Morgan fingerprint density at radius 1 is 0.926 bits per heavy atom. The zero-order valence-electron chi connectivity index (χ0n) is 16.3. The highest BCUT2D eigenvalue weighted by Crippen LogP contribution is 2.33. The van der Waals surface area contributed by atoms with Crippen molar-refractivity contribution in [3.63, 3.8) is 0 Å². The van der Waals surface area contributed by atoms with E-state index in [2.05, 4.69) is 31.3 Å². The molecule has 0 unspecified atom stereocenters. The third-order valence-corrected chi connectivity index (χ3v) is 3.96. The maximum Gasteiger partial charge on any atom is 0.311 e.